The monoisotopic (exact) mass is 340 g/mol. The Labute approximate surface area is 125 Å². The summed E-state index contributed by atoms with van der Waals surface area (Å²) in [5.41, 5.74) is 1.36. The van der Waals surface area contributed by atoms with Crippen LogP contribution in [0.3, 0.4) is 0 Å². The van der Waals surface area contributed by atoms with Gasteiger partial charge in [-0.1, -0.05) is 22.0 Å². The highest BCUT2D eigenvalue weighted by Crippen LogP contribution is 2.25. The van der Waals surface area contributed by atoms with Gasteiger partial charge in [0.05, 0.1) is 13.7 Å². The topological polar surface area (TPSA) is 38.7 Å². The number of rotatable bonds is 5. The lowest BCUT2D eigenvalue weighted by atomic mass is 10.2. The molecule has 5 heteroatoms. The molecule has 0 atom stereocenters. The minimum absolute atomic E-state index is 0.119. The van der Waals surface area contributed by atoms with E-state index in [2.05, 4.69) is 15.9 Å². The minimum Gasteiger partial charge on any atom is -0.494 e. The predicted octanol–water partition coefficient (Wildman–Crippen LogP) is 3.67. The Morgan fingerprint density at radius 2 is 1.90 bits per heavy atom. The van der Waals surface area contributed by atoms with Crippen LogP contribution in [0.5, 0.6) is 11.5 Å². The fourth-order valence-electron chi connectivity index (χ4n) is 1.77. The Kier molecular flexibility index (Phi) is 4.98. The molecule has 0 aliphatic carbocycles. The molecule has 0 aromatic heterocycles. The Morgan fingerprint density at radius 1 is 1.15 bits per heavy atom. The van der Waals surface area contributed by atoms with Gasteiger partial charge in [0.25, 0.3) is 0 Å². The van der Waals surface area contributed by atoms with Crippen molar-refractivity contribution in [2.24, 2.45) is 0 Å². The predicted molar refractivity (Wildman–Crippen MR) is 77.3 cm³/mol. The number of halogens is 2. The molecular formula is C15H14BrFO3. The molecule has 2 aromatic carbocycles. The van der Waals surface area contributed by atoms with Crippen LogP contribution in [-0.4, -0.2) is 12.2 Å². The lowest BCUT2D eigenvalue weighted by molar-refractivity contribution is 0.258. The summed E-state index contributed by atoms with van der Waals surface area (Å²) in [6.45, 7) is 0.0985. The van der Waals surface area contributed by atoms with E-state index in [0.29, 0.717) is 16.9 Å². The lowest BCUT2D eigenvalue weighted by Crippen LogP contribution is -2.00. The van der Waals surface area contributed by atoms with E-state index in [1.807, 2.05) is 6.07 Å². The highest BCUT2D eigenvalue weighted by atomic mass is 79.9. The average Bonchev–Trinajstić information content (AvgIpc) is 2.46. The minimum atomic E-state index is -0.424. The zero-order valence-corrected chi connectivity index (χ0v) is 12.5. The van der Waals surface area contributed by atoms with Gasteiger partial charge in [-0.2, -0.15) is 0 Å². The molecule has 0 spiro atoms. The number of aliphatic hydroxyl groups is 1. The molecule has 0 aliphatic rings. The quantitative estimate of drug-likeness (QED) is 0.902. The summed E-state index contributed by atoms with van der Waals surface area (Å²) in [6.07, 6.45) is 0. The van der Waals surface area contributed by atoms with Crippen molar-refractivity contribution in [3.05, 3.63) is 57.8 Å². The van der Waals surface area contributed by atoms with Crippen LogP contribution in [0.15, 0.2) is 40.9 Å². The Morgan fingerprint density at radius 3 is 2.55 bits per heavy atom. The smallest absolute Gasteiger partial charge is 0.165 e. The molecule has 0 saturated heterocycles. The van der Waals surface area contributed by atoms with Crippen LogP contribution in [0.2, 0.25) is 0 Å². The third-order valence-corrected chi connectivity index (χ3v) is 3.30. The average molecular weight is 341 g/mol. The van der Waals surface area contributed by atoms with Crippen molar-refractivity contribution in [3.63, 3.8) is 0 Å². The molecule has 0 heterocycles. The van der Waals surface area contributed by atoms with Crippen LogP contribution in [0, 0.1) is 5.82 Å². The molecule has 0 aliphatic heterocycles. The molecule has 0 amide bonds. The fourth-order valence-corrected chi connectivity index (χ4v) is 2.18. The second-order valence-corrected chi connectivity index (χ2v) is 5.08. The van der Waals surface area contributed by atoms with E-state index in [1.54, 1.807) is 24.3 Å². The summed E-state index contributed by atoms with van der Waals surface area (Å²) in [5, 5.41) is 9.28. The molecular weight excluding hydrogens is 327 g/mol. The second-order valence-electron chi connectivity index (χ2n) is 4.17. The molecule has 1 N–H and O–H groups in total. The standard InChI is InChI=1S/C15H14BrFO3/c1-19-15-4-2-10(6-13(15)17)9-20-14-5-3-12(16)7-11(14)8-18/h2-7,18H,8-9H2,1H3. The summed E-state index contributed by atoms with van der Waals surface area (Å²) in [4.78, 5) is 0. The first-order chi connectivity index (χ1) is 9.63. The largest absolute Gasteiger partial charge is 0.494 e. The molecule has 2 rings (SSSR count). The van der Waals surface area contributed by atoms with Gasteiger partial charge >= 0.3 is 0 Å². The van der Waals surface area contributed by atoms with Crippen LogP contribution in [0.25, 0.3) is 0 Å². The van der Waals surface area contributed by atoms with E-state index in [9.17, 15) is 9.50 Å². The Hall–Kier alpha value is -1.59. The molecule has 0 bridgehead atoms. The number of ether oxygens (including phenoxy) is 2. The van der Waals surface area contributed by atoms with Gasteiger partial charge in [0.1, 0.15) is 12.4 Å². The van der Waals surface area contributed by atoms with Crippen molar-refractivity contribution in [3.8, 4) is 11.5 Å². The number of methoxy groups -OCH3 is 1. The van der Waals surface area contributed by atoms with Gasteiger partial charge in [-0.05, 0) is 35.9 Å². The molecule has 3 nitrogen and oxygen atoms in total. The highest BCUT2D eigenvalue weighted by Gasteiger charge is 2.07. The summed E-state index contributed by atoms with van der Waals surface area (Å²) < 4.78 is 24.9. The van der Waals surface area contributed by atoms with Crippen molar-refractivity contribution in [2.45, 2.75) is 13.2 Å². The lowest BCUT2D eigenvalue weighted by Gasteiger charge is -2.11. The first kappa shape index (κ1) is 14.8. The molecule has 2 aromatic rings. The van der Waals surface area contributed by atoms with Crippen molar-refractivity contribution in [2.75, 3.05) is 7.11 Å². The van der Waals surface area contributed by atoms with E-state index in [-0.39, 0.29) is 19.0 Å². The Bertz CT molecular complexity index is 602. The van der Waals surface area contributed by atoms with Crippen molar-refractivity contribution in [1.29, 1.82) is 0 Å². The van der Waals surface area contributed by atoms with E-state index < -0.39 is 5.82 Å². The normalized spacial score (nSPS) is 10.4. The van der Waals surface area contributed by atoms with Gasteiger partial charge in [-0.3, -0.25) is 0 Å². The summed E-state index contributed by atoms with van der Waals surface area (Å²) in [7, 11) is 1.42. The van der Waals surface area contributed by atoms with Gasteiger partial charge in [0.15, 0.2) is 11.6 Å². The van der Waals surface area contributed by atoms with Crippen LogP contribution in [0.1, 0.15) is 11.1 Å². The zero-order valence-electron chi connectivity index (χ0n) is 10.9. The summed E-state index contributed by atoms with van der Waals surface area (Å²) >= 11 is 3.33. The van der Waals surface area contributed by atoms with E-state index in [1.165, 1.54) is 13.2 Å². The zero-order chi connectivity index (χ0) is 14.5. The number of benzene rings is 2. The van der Waals surface area contributed by atoms with Crippen LogP contribution in [-0.2, 0) is 13.2 Å². The molecule has 106 valence electrons. The maximum absolute atomic E-state index is 13.5. The third kappa shape index (κ3) is 3.49. The SMILES string of the molecule is COc1ccc(COc2ccc(Br)cc2CO)cc1F. The number of hydrogen-bond donors (Lipinski definition) is 1. The van der Waals surface area contributed by atoms with E-state index in [4.69, 9.17) is 9.47 Å². The maximum Gasteiger partial charge on any atom is 0.165 e. The van der Waals surface area contributed by atoms with E-state index in [0.717, 1.165) is 4.47 Å². The number of hydrogen-bond acceptors (Lipinski definition) is 3. The van der Waals surface area contributed by atoms with Gasteiger partial charge in [0.2, 0.25) is 0 Å². The number of aliphatic hydroxyl groups excluding tert-OH is 1. The second kappa shape index (κ2) is 6.72. The molecule has 0 fully saturated rings. The maximum atomic E-state index is 13.5. The van der Waals surface area contributed by atoms with Crippen molar-refractivity contribution < 1.29 is 19.0 Å². The summed E-state index contributed by atoms with van der Waals surface area (Å²) in [5.74, 6) is 0.354. The molecule has 20 heavy (non-hydrogen) atoms. The van der Waals surface area contributed by atoms with Crippen LogP contribution in [0.4, 0.5) is 4.39 Å². The van der Waals surface area contributed by atoms with E-state index >= 15 is 0 Å². The van der Waals surface area contributed by atoms with Crippen molar-refractivity contribution >= 4 is 15.9 Å². The third-order valence-electron chi connectivity index (χ3n) is 2.80. The molecule has 0 radical (unpaired) electrons. The van der Waals surface area contributed by atoms with Gasteiger partial charge < -0.3 is 14.6 Å². The first-order valence-corrected chi connectivity index (χ1v) is 6.78. The van der Waals surface area contributed by atoms with Gasteiger partial charge in [-0.25, -0.2) is 4.39 Å². The van der Waals surface area contributed by atoms with Gasteiger partial charge in [0, 0.05) is 10.0 Å². The highest BCUT2D eigenvalue weighted by molar-refractivity contribution is 9.10. The Balaban J connectivity index is 2.10. The summed E-state index contributed by atoms with van der Waals surface area (Å²) in [6, 6.07) is 10.0. The van der Waals surface area contributed by atoms with Crippen LogP contribution >= 0.6 is 15.9 Å². The van der Waals surface area contributed by atoms with Gasteiger partial charge in [-0.15, -0.1) is 0 Å². The van der Waals surface area contributed by atoms with Crippen molar-refractivity contribution in [1.82, 2.24) is 0 Å². The fraction of sp³-hybridized carbons (Fsp3) is 0.200. The molecule has 0 saturated carbocycles. The molecule has 0 unspecified atom stereocenters. The van der Waals surface area contributed by atoms with Crippen LogP contribution < -0.4 is 9.47 Å². The first-order valence-electron chi connectivity index (χ1n) is 5.98.